The van der Waals surface area contributed by atoms with Gasteiger partial charge < -0.3 is 5.32 Å². The van der Waals surface area contributed by atoms with Crippen molar-refractivity contribution in [2.45, 2.75) is 42.9 Å². The van der Waals surface area contributed by atoms with Crippen molar-refractivity contribution in [3.8, 4) is 0 Å². The summed E-state index contributed by atoms with van der Waals surface area (Å²) >= 11 is 1.42. The molecule has 2 aliphatic rings. The van der Waals surface area contributed by atoms with Crippen LogP contribution in [0.1, 0.15) is 32.1 Å². The van der Waals surface area contributed by atoms with Gasteiger partial charge in [0.05, 0.1) is 0 Å². The maximum atomic E-state index is 12.9. The third-order valence-electron chi connectivity index (χ3n) is 4.71. The van der Waals surface area contributed by atoms with Crippen LogP contribution in [0, 0.1) is 0 Å². The van der Waals surface area contributed by atoms with Gasteiger partial charge >= 0.3 is 0 Å². The van der Waals surface area contributed by atoms with Crippen molar-refractivity contribution in [1.29, 1.82) is 0 Å². The number of hydrogen-bond donors (Lipinski definition) is 1. The van der Waals surface area contributed by atoms with Crippen LogP contribution in [0.4, 0.5) is 0 Å². The molecule has 1 atom stereocenters. The molecule has 3 heterocycles. The number of hydrogen-bond acceptors (Lipinski definition) is 5. The molecule has 1 unspecified atom stereocenters. The second kappa shape index (κ2) is 6.44. The van der Waals surface area contributed by atoms with Crippen LogP contribution in [0.5, 0.6) is 0 Å². The number of sulfonamides is 1. The predicted octanol–water partition coefficient (Wildman–Crippen LogP) is 1.71. The van der Waals surface area contributed by atoms with E-state index in [9.17, 15) is 8.42 Å². The molecule has 23 heavy (non-hydrogen) atoms. The molecule has 0 amide bonds. The Kier molecular flexibility index (Phi) is 4.86. The minimum Gasteiger partial charge on any atom is -0.314 e. The molecule has 2 aliphatic heterocycles. The first-order valence-electron chi connectivity index (χ1n) is 8.34. The first kappa shape index (κ1) is 17.4. The van der Waals surface area contributed by atoms with Crippen molar-refractivity contribution >= 4 is 21.4 Å². The van der Waals surface area contributed by atoms with Crippen LogP contribution in [0.15, 0.2) is 16.3 Å². The summed E-state index contributed by atoms with van der Waals surface area (Å²) in [5, 5.41) is 3.35. The Balaban J connectivity index is 1.72. The van der Waals surface area contributed by atoms with Gasteiger partial charge in [0.15, 0.2) is 0 Å². The molecule has 2 saturated heterocycles. The summed E-state index contributed by atoms with van der Waals surface area (Å²) in [6.07, 6.45) is 0.941. The van der Waals surface area contributed by atoms with Gasteiger partial charge in [0, 0.05) is 50.2 Å². The zero-order valence-corrected chi connectivity index (χ0v) is 15.8. The fourth-order valence-electron chi connectivity index (χ4n) is 3.26. The molecule has 0 aliphatic carbocycles. The summed E-state index contributed by atoms with van der Waals surface area (Å²) in [5.74, 6) is 0. The Labute approximate surface area is 143 Å². The molecule has 130 valence electrons. The predicted molar refractivity (Wildman–Crippen MR) is 94.6 cm³/mol. The molecule has 0 radical (unpaired) electrons. The maximum Gasteiger partial charge on any atom is 0.252 e. The largest absolute Gasteiger partial charge is 0.314 e. The van der Waals surface area contributed by atoms with Crippen LogP contribution in [-0.2, 0) is 15.4 Å². The quantitative estimate of drug-likeness (QED) is 0.895. The maximum absolute atomic E-state index is 12.9. The van der Waals surface area contributed by atoms with E-state index in [1.54, 1.807) is 10.4 Å². The highest BCUT2D eigenvalue weighted by atomic mass is 32.2. The highest BCUT2D eigenvalue weighted by molar-refractivity contribution is 7.91. The van der Waals surface area contributed by atoms with Gasteiger partial charge in [-0.3, -0.25) is 4.90 Å². The Bertz CT molecular complexity index is 643. The van der Waals surface area contributed by atoms with Crippen LogP contribution in [0.3, 0.4) is 0 Å². The lowest BCUT2D eigenvalue weighted by atomic mass is 9.95. The third kappa shape index (κ3) is 3.64. The number of thiophene rings is 1. The van der Waals surface area contributed by atoms with E-state index < -0.39 is 10.0 Å². The topological polar surface area (TPSA) is 52.7 Å². The van der Waals surface area contributed by atoms with Crippen LogP contribution < -0.4 is 5.32 Å². The van der Waals surface area contributed by atoms with Gasteiger partial charge in [-0.2, -0.15) is 4.31 Å². The molecule has 1 aromatic rings. The molecule has 1 aromatic heterocycles. The fraction of sp³-hybridized carbons (Fsp3) is 0.750. The molecular formula is C16H27N3O2S2. The minimum absolute atomic E-state index is 0.00716. The zero-order chi connectivity index (χ0) is 16.7. The van der Waals surface area contributed by atoms with Crippen molar-refractivity contribution in [2.24, 2.45) is 0 Å². The monoisotopic (exact) mass is 357 g/mol. The highest BCUT2D eigenvalue weighted by Gasteiger charge is 2.36. The molecule has 0 bridgehead atoms. The summed E-state index contributed by atoms with van der Waals surface area (Å²) in [5.41, 5.74) is -0.00716. The van der Waals surface area contributed by atoms with E-state index in [0.29, 0.717) is 23.3 Å². The van der Waals surface area contributed by atoms with Gasteiger partial charge in [-0.1, -0.05) is 20.8 Å². The van der Waals surface area contributed by atoms with E-state index >= 15 is 0 Å². The molecule has 3 rings (SSSR count). The van der Waals surface area contributed by atoms with Gasteiger partial charge in [0.1, 0.15) is 4.21 Å². The lowest BCUT2D eigenvalue weighted by molar-refractivity contribution is 0.179. The minimum atomic E-state index is -3.34. The first-order valence-corrected chi connectivity index (χ1v) is 10.6. The molecular weight excluding hydrogens is 330 g/mol. The SMILES string of the molecule is CC(C)(C)c1ccc(S(=O)(=O)N2CCC(N3CCNCC3)C2)s1. The normalized spacial score (nSPS) is 25.1. The summed E-state index contributed by atoms with van der Waals surface area (Å²) < 4.78 is 28.0. The summed E-state index contributed by atoms with van der Waals surface area (Å²) in [7, 11) is -3.34. The lowest BCUT2D eigenvalue weighted by Crippen LogP contribution is -2.49. The van der Waals surface area contributed by atoms with Crippen LogP contribution in [0.2, 0.25) is 0 Å². The van der Waals surface area contributed by atoms with Crippen molar-refractivity contribution in [1.82, 2.24) is 14.5 Å². The molecule has 0 aromatic carbocycles. The average molecular weight is 358 g/mol. The summed E-state index contributed by atoms with van der Waals surface area (Å²) in [6.45, 7) is 11.7. The summed E-state index contributed by atoms with van der Waals surface area (Å²) in [4.78, 5) is 3.55. The third-order valence-corrected chi connectivity index (χ3v) is 8.55. The first-order chi connectivity index (χ1) is 10.8. The second-order valence-electron chi connectivity index (χ2n) is 7.46. The number of nitrogens with one attached hydrogen (secondary N) is 1. The Morgan fingerprint density at radius 2 is 1.87 bits per heavy atom. The Morgan fingerprint density at radius 3 is 2.48 bits per heavy atom. The molecule has 7 heteroatoms. The van der Waals surface area contributed by atoms with E-state index in [0.717, 1.165) is 37.5 Å². The molecule has 0 spiro atoms. The smallest absolute Gasteiger partial charge is 0.252 e. The highest BCUT2D eigenvalue weighted by Crippen LogP contribution is 2.34. The van der Waals surface area contributed by atoms with Crippen molar-refractivity contribution in [3.63, 3.8) is 0 Å². The van der Waals surface area contributed by atoms with Crippen molar-refractivity contribution < 1.29 is 8.42 Å². The number of nitrogens with zero attached hydrogens (tertiary/aromatic N) is 2. The van der Waals surface area contributed by atoms with E-state index in [1.807, 2.05) is 6.07 Å². The van der Waals surface area contributed by atoms with E-state index in [4.69, 9.17) is 0 Å². The Hall–Kier alpha value is -0.470. The number of rotatable bonds is 3. The standard InChI is InChI=1S/C16H27N3O2S2/c1-16(2,3)14-4-5-15(22-14)23(20,21)19-9-6-13(12-19)18-10-7-17-8-11-18/h4-5,13,17H,6-12H2,1-3H3. The van der Waals surface area contributed by atoms with Gasteiger partial charge in [-0.05, 0) is 24.0 Å². The van der Waals surface area contributed by atoms with E-state index in [1.165, 1.54) is 11.3 Å². The van der Waals surface area contributed by atoms with Crippen LogP contribution in [-0.4, -0.2) is 62.9 Å². The number of piperazine rings is 1. The van der Waals surface area contributed by atoms with E-state index in [-0.39, 0.29) is 5.41 Å². The second-order valence-corrected chi connectivity index (χ2v) is 10.7. The van der Waals surface area contributed by atoms with Crippen molar-refractivity contribution in [2.75, 3.05) is 39.3 Å². The van der Waals surface area contributed by atoms with Crippen LogP contribution in [0.25, 0.3) is 0 Å². The molecule has 5 nitrogen and oxygen atoms in total. The lowest BCUT2D eigenvalue weighted by Gasteiger charge is -2.32. The van der Waals surface area contributed by atoms with Crippen molar-refractivity contribution in [3.05, 3.63) is 17.0 Å². The van der Waals surface area contributed by atoms with Gasteiger partial charge in [0.2, 0.25) is 0 Å². The molecule has 0 saturated carbocycles. The molecule has 1 N–H and O–H groups in total. The fourth-order valence-corrected chi connectivity index (χ4v) is 6.27. The molecule has 2 fully saturated rings. The average Bonchev–Trinajstić information content (AvgIpc) is 3.18. The van der Waals surface area contributed by atoms with Gasteiger partial charge in [-0.25, -0.2) is 8.42 Å². The Morgan fingerprint density at radius 1 is 1.17 bits per heavy atom. The van der Waals surface area contributed by atoms with E-state index in [2.05, 4.69) is 31.0 Å². The van der Waals surface area contributed by atoms with Gasteiger partial charge in [0.25, 0.3) is 10.0 Å². The van der Waals surface area contributed by atoms with Crippen LogP contribution >= 0.6 is 11.3 Å². The zero-order valence-electron chi connectivity index (χ0n) is 14.2. The van der Waals surface area contributed by atoms with Gasteiger partial charge in [-0.15, -0.1) is 11.3 Å². The summed E-state index contributed by atoms with van der Waals surface area (Å²) in [6, 6.07) is 4.11.